The predicted molar refractivity (Wildman–Crippen MR) is 60.2 cm³/mol. The lowest BCUT2D eigenvalue weighted by atomic mass is 10.2. The van der Waals surface area contributed by atoms with Crippen LogP contribution in [0.15, 0.2) is 4.52 Å². The largest absolute Gasteiger partial charge is 0.385 e. The summed E-state index contributed by atoms with van der Waals surface area (Å²) in [4.78, 5) is 15.5. The van der Waals surface area contributed by atoms with E-state index in [0.29, 0.717) is 37.7 Å². The van der Waals surface area contributed by atoms with E-state index in [0.717, 1.165) is 0 Å². The molecule has 1 amide bonds. The lowest BCUT2D eigenvalue weighted by Gasteiger charge is -2.10. The van der Waals surface area contributed by atoms with E-state index in [-0.39, 0.29) is 5.91 Å². The van der Waals surface area contributed by atoms with Crippen molar-refractivity contribution in [1.82, 2.24) is 15.5 Å². The Morgan fingerprint density at radius 2 is 2.41 bits per heavy atom. The summed E-state index contributed by atoms with van der Waals surface area (Å²) in [6, 6.07) is -0.540. The molecular weight excluding hydrogens is 224 g/mol. The van der Waals surface area contributed by atoms with Crippen molar-refractivity contribution in [3.63, 3.8) is 0 Å². The van der Waals surface area contributed by atoms with E-state index < -0.39 is 6.04 Å². The molecule has 0 spiro atoms. The van der Waals surface area contributed by atoms with Crippen LogP contribution < -0.4 is 11.1 Å². The SMILES string of the molecule is COCCC(N)C(=O)NCCc1noc(C)n1. The summed E-state index contributed by atoms with van der Waals surface area (Å²) >= 11 is 0. The first-order chi connectivity index (χ1) is 8.13. The van der Waals surface area contributed by atoms with Crippen LogP contribution in [0.3, 0.4) is 0 Å². The number of methoxy groups -OCH3 is 1. The fourth-order valence-electron chi connectivity index (χ4n) is 1.25. The maximum absolute atomic E-state index is 11.5. The molecule has 0 aliphatic carbocycles. The molecule has 7 nitrogen and oxygen atoms in total. The number of hydrogen-bond donors (Lipinski definition) is 2. The molecule has 0 saturated carbocycles. The van der Waals surface area contributed by atoms with Gasteiger partial charge in [-0.05, 0) is 6.42 Å². The number of nitrogens with one attached hydrogen (secondary N) is 1. The van der Waals surface area contributed by atoms with Gasteiger partial charge in [0.2, 0.25) is 11.8 Å². The zero-order chi connectivity index (χ0) is 12.7. The first kappa shape index (κ1) is 13.6. The lowest BCUT2D eigenvalue weighted by molar-refractivity contribution is -0.122. The third-order valence-corrected chi connectivity index (χ3v) is 2.19. The molecule has 0 radical (unpaired) electrons. The van der Waals surface area contributed by atoms with Crippen LogP contribution in [0.25, 0.3) is 0 Å². The Morgan fingerprint density at radius 1 is 1.65 bits per heavy atom. The molecule has 0 fully saturated rings. The van der Waals surface area contributed by atoms with E-state index in [9.17, 15) is 4.79 Å². The van der Waals surface area contributed by atoms with Gasteiger partial charge in [-0.3, -0.25) is 4.79 Å². The van der Waals surface area contributed by atoms with Gasteiger partial charge in [0.1, 0.15) is 0 Å². The topological polar surface area (TPSA) is 103 Å². The molecule has 1 rings (SSSR count). The van der Waals surface area contributed by atoms with E-state index in [4.69, 9.17) is 15.0 Å². The number of hydrogen-bond acceptors (Lipinski definition) is 6. The van der Waals surface area contributed by atoms with E-state index in [1.807, 2.05) is 0 Å². The number of carbonyl (C=O) groups excluding carboxylic acids is 1. The van der Waals surface area contributed by atoms with Crippen LogP contribution in [-0.4, -0.2) is 42.4 Å². The van der Waals surface area contributed by atoms with Crippen molar-refractivity contribution >= 4 is 5.91 Å². The second-order valence-electron chi connectivity index (χ2n) is 3.66. The Labute approximate surface area is 99.7 Å². The van der Waals surface area contributed by atoms with Crippen molar-refractivity contribution in [3.05, 3.63) is 11.7 Å². The third-order valence-electron chi connectivity index (χ3n) is 2.19. The van der Waals surface area contributed by atoms with Gasteiger partial charge in [-0.1, -0.05) is 5.16 Å². The average molecular weight is 242 g/mol. The van der Waals surface area contributed by atoms with Crippen LogP contribution in [0.5, 0.6) is 0 Å². The van der Waals surface area contributed by atoms with Gasteiger partial charge >= 0.3 is 0 Å². The minimum absolute atomic E-state index is 0.192. The lowest BCUT2D eigenvalue weighted by Crippen LogP contribution is -2.42. The summed E-state index contributed by atoms with van der Waals surface area (Å²) in [6.07, 6.45) is 1.03. The fourth-order valence-corrected chi connectivity index (χ4v) is 1.25. The van der Waals surface area contributed by atoms with Crippen molar-refractivity contribution in [1.29, 1.82) is 0 Å². The highest BCUT2D eigenvalue weighted by Gasteiger charge is 2.12. The molecule has 0 aliphatic heterocycles. The summed E-state index contributed by atoms with van der Waals surface area (Å²) in [7, 11) is 1.57. The molecule has 0 bridgehead atoms. The minimum atomic E-state index is -0.540. The number of aromatic nitrogens is 2. The van der Waals surface area contributed by atoms with Gasteiger partial charge in [0.25, 0.3) is 0 Å². The quantitative estimate of drug-likeness (QED) is 0.661. The zero-order valence-corrected chi connectivity index (χ0v) is 10.1. The molecule has 3 N–H and O–H groups in total. The maximum atomic E-state index is 11.5. The average Bonchev–Trinajstić information content (AvgIpc) is 2.71. The molecule has 1 aromatic rings. The number of nitrogens with two attached hydrogens (primary N) is 1. The number of amides is 1. The van der Waals surface area contributed by atoms with Crippen molar-refractivity contribution < 1.29 is 14.1 Å². The van der Waals surface area contributed by atoms with E-state index in [1.165, 1.54) is 0 Å². The summed E-state index contributed by atoms with van der Waals surface area (Å²) in [5, 5.41) is 6.43. The maximum Gasteiger partial charge on any atom is 0.237 e. The normalized spacial score (nSPS) is 12.4. The molecule has 7 heteroatoms. The predicted octanol–water partition coefficient (Wildman–Crippen LogP) is -0.599. The molecule has 1 unspecified atom stereocenters. The van der Waals surface area contributed by atoms with E-state index in [1.54, 1.807) is 14.0 Å². The summed E-state index contributed by atoms with van der Waals surface area (Å²) < 4.78 is 9.65. The van der Waals surface area contributed by atoms with Gasteiger partial charge in [-0.15, -0.1) is 0 Å². The minimum Gasteiger partial charge on any atom is -0.385 e. The summed E-state index contributed by atoms with van der Waals surface area (Å²) in [6.45, 7) is 2.63. The molecule has 0 aliphatic rings. The number of nitrogens with zero attached hydrogens (tertiary/aromatic N) is 2. The van der Waals surface area contributed by atoms with E-state index >= 15 is 0 Å². The second kappa shape index (κ2) is 6.97. The monoisotopic (exact) mass is 242 g/mol. The first-order valence-corrected chi connectivity index (χ1v) is 5.45. The summed E-state index contributed by atoms with van der Waals surface area (Å²) in [5.74, 6) is 0.902. The molecule has 1 aromatic heterocycles. The Kier molecular flexibility index (Phi) is 5.58. The standard InChI is InChI=1S/C10H18N4O3/c1-7-13-9(14-17-7)3-5-12-10(15)8(11)4-6-16-2/h8H,3-6,11H2,1-2H3,(H,12,15). The third kappa shape index (κ3) is 4.92. The zero-order valence-electron chi connectivity index (χ0n) is 10.1. The van der Waals surface area contributed by atoms with Gasteiger partial charge < -0.3 is 20.3 Å². The van der Waals surface area contributed by atoms with Crippen LogP contribution in [0.2, 0.25) is 0 Å². The first-order valence-electron chi connectivity index (χ1n) is 5.45. The van der Waals surface area contributed by atoms with Crippen molar-refractivity contribution in [2.45, 2.75) is 25.8 Å². The molecule has 17 heavy (non-hydrogen) atoms. The number of ether oxygens (including phenoxy) is 1. The Bertz CT molecular complexity index is 353. The smallest absolute Gasteiger partial charge is 0.237 e. The molecular formula is C10H18N4O3. The van der Waals surface area contributed by atoms with Crippen LogP contribution >= 0.6 is 0 Å². The fraction of sp³-hybridized carbons (Fsp3) is 0.700. The van der Waals surface area contributed by atoms with Crippen molar-refractivity contribution in [3.8, 4) is 0 Å². The van der Waals surface area contributed by atoms with Gasteiger partial charge in [-0.25, -0.2) is 0 Å². The highest BCUT2D eigenvalue weighted by Crippen LogP contribution is 1.95. The Balaban J connectivity index is 2.19. The van der Waals surface area contributed by atoms with Gasteiger partial charge in [0.15, 0.2) is 5.82 Å². The summed E-state index contributed by atoms with van der Waals surface area (Å²) in [5.41, 5.74) is 5.65. The highest BCUT2D eigenvalue weighted by atomic mass is 16.5. The van der Waals surface area contributed by atoms with Crippen LogP contribution in [-0.2, 0) is 16.0 Å². The molecule has 96 valence electrons. The van der Waals surface area contributed by atoms with Crippen LogP contribution in [0, 0.1) is 6.92 Å². The molecule has 0 aromatic carbocycles. The second-order valence-corrected chi connectivity index (χ2v) is 3.66. The van der Waals surface area contributed by atoms with Crippen molar-refractivity contribution in [2.24, 2.45) is 5.73 Å². The van der Waals surface area contributed by atoms with Crippen molar-refractivity contribution in [2.75, 3.05) is 20.3 Å². The van der Waals surface area contributed by atoms with Gasteiger partial charge in [0.05, 0.1) is 6.04 Å². The molecule has 0 saturated heterocycles. The van der Waals surface area contributed by atoms with Gasteiger partial charge in [0, 0.05) is 33.6 Å². The highest BCUT2D eigenvalue weighted by molar-refractivity contribution is 5.81. The number of rotatable bonds is 7. The van der Waals surface area contributed by atoms with E-state index in [2.05, 4.69) is 15.5 Å². The Morgan fingerprint density at radius 3 is 3.00 bits per heavy atom. The van der Waals surface area contributed by atoms with Crippen LogP contribution in [0.4, 0.5) is 0 Å². The molecule has 1 atom stereocenters. The number of aryl methyl sites for hydroxylation is 1. The Hall–Kier alpha value is -1.47. The van der Waals surface area contributed by atoms with Crippen LogP contribution in [0.1, 0.15) is 18.1 Å². The number of carbonyl (C=O) groups is 1. The molecule has 1 heterocycles. The van der Waals surface area contributed by atoms with Gasteiger partial charge in [-0.2, -0.15) is 4.98 Å².